The molecule has 2 amide bonds. The molecule has 0 saturated heterocycles. The molecular weight excluding hydrogens is 260 g/mol. The lowest BCUT2D eigenvalue weighted by atomic mass is 9.99. The first-order chi connectivity index (χ1) is 9.43. The predicted molar refractivity (Wildman–Crippen MR) is 74.2 cm³/mol. The molecule has 0 aliphatic carbocycles. The number of hydrogen-bond donors (Lipinski definition) is 3. The van der Waals surface area contributed by atoms with Gasteiger partial charge in [-0.1, -0.05) is 20.3 Å². The van der Waals surface area contributed by atoms with Crippen LogP contribution in [0.4, 0.5) is 4.79 Å². The molecule has 112 valence electrons. The van der Waals surface area contributed by atoms with Crippen molar-refractivity contribution in [1.29, 1.82) is 0 Å². The van der Waals surface area contributed by atoms with Crippen LogP contribution in [0.25, 0.3) is 0 Å². The van der Waals surface area contributed by atoms with E-state index in [0.717, 1.165) is 0 Å². The van der Waals surface area contributed by atoms with E-state index in [1.54, 1.807) is 25.6 Å². The zero-order valence-electron chi connectivity index (χ0n) is 12.0. The highest BCUT2D eigenvalue weighted by atomic mass is 16.4. The Morgan fingerprint density at radius 1 is 1.35 bits per heavy atom. The van der Waals surface area contributed by atoms with Crippen LogP contribution in [0.15, 0.2) is 18.7 Å². The number of hydrogen-bond acceptors (Lipinski definition) is 3. The minimum Gasteiger partial charge on any atom is -0.480 e. The van der Waals surface area contributed by atoms with Gasteiger partial charge in [-0.05, 0) is 12.8 Å². The molecule has 7 nitrogen and oxygen atoms in total. The van der Waals surface area contributed by atoms with Crippen molar-refractivity contribution in [3.63, 3.8) is 0 Å². The van der Waals surface area contributed by atoms with Gasteiger partial charge in [0.05, 0.1) is 6.33 Å². The van der Waals surface area contributed by atoms with E-state index in [0.29, 0.717) is 13.0 Å². The number of rotatable bonds is 7. The number of carboxylic acids is 1. The summed E-state index contributed by atoms with van der Waals surface area (Å²) in [5.74, 6) is -1.14. The van der Waals surface area contributed by atoms with Gasteiger partial charge >= 0.3 is 12.0 Å². The molecule has 0 spiro atoms. The molecule has 20 heavy (non-hydrogen) atoms. The molecule has 0 radical (unpaired) electrons. The summed E-state index contributed by atoms with van der Waals surface area (Å²) >= 11 is 0. The molecule has 3 atom stereocenters. The van der Waals surface area contributed by atoms with E-state index in [2.05, 4.69) is 15.6 Å². The topological polar surface area (TPSA) is 96.3 Å². The second kappa shape index (κ2) is 7.52. The lowest BCUT2D eigenvalue weighted by molar-refractivity contribution is -0.140. The van der Waals surface area contributed by atoms with Gasteiger partial charge in [-0.25, -0.2) is 14.6 Å². The highest BCUT2D eigenvalue weighted by Crippen LogP contribution is 2.07. The number of urea groups is 1. The van der Waals surface area contributed by atoms with E-state index in [1.165, 1.54) is 0 Å². The molecule has 1 aromatic rings. The molecule has 0 aliphatic heterocycles. The average Bonchev–Trinajstić information content (AvgIpc) is 2.87. The summed E-state index contributed by atoms with van der Waals surface area (Å²) < 4.78 is 1.84. The van der Waals surface area contributed by atoms with Crippen LogP contribution in [-0.4, -0.2) is 38.7 Å². The van der Waals surface area contributed by atoms with E-state index < -0.39 is 18.0 Å². The zero-order chi connectivity index (χ0) is 15.1. The predicted octanol–water partition coefficient (Wildman–Crippen LogP) is 1.07. The van der Waals surface area contributed by atoms with Gasteiger partial charge in [0.2, 0.25) is 0 Å². The number of amides is 2. The van der Waals surface area contributed by atoms with Crippen LogP contribution in [0.2, 0.25) is 0 Å². The molecule has 0 aliphatic rings. The smallest absolute Gasteiger partial charge is 0.326 e. The maximum Gasteiger partial charge on any atom is 0.326 e. The van der Waals surface area contributed by atoms with Crippen molar-refractivity contribution in [3.8, 4) is 0 Å². The number of carboxylic acid groups (broad SMARTS) is 1. The molecule has 7 heteroatoms. The first-order valence-electron chi connectivity index (χ1n) is 6.69. The van der Waals surface area contributed by atoms with E-state index in [1.807, 2.05) is 18.4 Å². The van der Waals surface area contributed by atoms with Crippen LogP contribution >= 0.6 is 0 Å². The fraction of sp³-hybridized carbons (Fsp3) is 0.615. The second-order valence-electron chi connectivity index (χ2n) is 4.98. The summed E-state index contributed by atoms with van der Waals surface area (Å²) in [6.07, 6.45) is 5.81. The lowest BCUT2D eigenvalue weighted by Gasteiger charge is -2.22. The highest BCUT2D eigenvalue weighted by molar-refractivity contribution is 5.82. The summed E-state index contributed by atoms with van der Waals surface area (Å²) in [6.45, 7) is 6.11. The molecule has 0 aromatic carbocycles. The van der Waals surface area contributed by atoms with Gasteiger partial charge in [0.1, 0.15) is 6.04 Å². The number of carbonyl (C=O) groups excluding carboxylic acids is 1. The third-order valence-electron chi connectivity index (χ3n) is 3.19. The zero-order valence-corrected chi connectivity index (χ0v) is 12.0. The van der Waals surface area contributed by atoms with Gasteiger partial charge < -0.3 is 20.3 Å². The average molecular weight is 282 g/mol. The maximum absolute atomic E-state index is 11.8. The third-order valence-corrected chi connectivity index (χ3v) is 3.19. The fourth-order valence-corrected chi connectivity index (χ4v) is 1.85. The van der Waals surface area contributed by atoms with Crippen LogP contribution in [0, 0.1) is 5.92 Å². The van der Waals surface area contributed by atoms with Crippen LogP contribution in [-0.2, 0) is 11.3 Å². The van der Waals surface area contributed by atoms with Gasteiger partial charge in [0.15, 0.2) is 0 Å². The van der Waals surface area contributed by atoms with Gasteiger partial charge in [0.25, 0.3) is 0 Å². The maximum atomic E-state index is 11.8. The molecular formula is C13H22N4O3. The number of imidazole rings is 1. The normalized spacial score (nSPS) is 15.2. The van der Waals surface area contributed by atoms with Crippen molar-refractivity contribution in [2.75, 3.05) is 0 Å². The number of aliphatic carboxylic acids is 1. The van der Waals surface area contributed by atoms with Crippen LogP contribution < -0.4 is 10.6 Å². The molecule has 0 bridgehead atoms. The molecule has 1 heterocycles. The van der Waals surface area contributed by atoms with E-state index in [9.17, 15) is 9.59 Å². The molecule has 3 N–H and O–H groups in total. The molecule has 0 saturated carbocycles. The monoisotopic (exact) mass is 282 g/mol. The first kappa shape index (κ1) is 16.0. The van der Waals surface area contributed by atoms with Crippen LogP contribution in [0.5, 0.6) is 0 Å². The fourth-order valence-electron chi connectivity index (χ4n) is 1.85. The van der Waals surface area contributed by atoms with E-state index in [-0.39, 0.29) is 12.0 Å². The molecule has 1 aromatic heterocycles. The minimum atomic E-state index is -1.02. The molecule has 2 unspecified atom stereocenters. The third kappa shape index (κ3) is 4.91. The van der Waals surface area contributed by atoms with Crippen molar-refractivity contribution < 1.29 is 14.7 Å². The standard InChI is InChI=1S/C13H22N4O3/c1-4-9(2)11(12(18)19)16-13(20)15-10(3)7-17-6-5-14-8-17/h5-6,8-11H,4,7H2,1-3H3,(H,18,19)(H2,15,16,20)/t9?,10?,11-/m0/s1. The highest BCUT2D eigenvalue weighted by Gasteiger charge is 2.25. The summed E-state index contributed by atoms with van der Waals surface area (Å²) in [5, 5.41) is 14.3. The van der Waals surface area contributed by atoms with Crippen molar-refractivity contribution in [2.24, 2.45) is 5.92 Å². The summed E-state index contributed by atoms with van der Waals surface area (Å²) in [6, 6.07) is -1.47. The van der Waals surface area contributed by atoms with Gasteiger partial charge in [-0.2, -0.15) is 0 Å². The Kier molecular flexibility index (Phi) is 6.02. The second-order valence-corrected chi connectivity index (χ2v) is 4.98. The number of nitrogens with zero attached hydrogens (tertiary/aromatic N) is 2. The summed E-state index contributed by atoms with van der Waals surface area (Å²) in [5.41, 5.74) is 0. The van der Waals surface area contributed by atoms with E-state index in [4.69, 9.17) is 5.11 Å². The van der Waals surface area contributed by atoms with Gasteiger partial charge in [-0.15, -0.1) is 0 Å². The minimum absolute atomic E-state index is 0.123. The Labute approximate surface area is 118 Å². The van der Waals surface area contributed by atoms with Crippen molar-refractivity contribution in [2.45, 2.75) is 45.8 Å². The quantitative estimate of drug-likeness (QED) is 0.697. The summed E-state index contributed by atoms with van der Waals surface area (Å²) in [7, 11) is 0. The van der Waals surface area contributed by atoms with Crippen LogP contribution in [0.3, 0.4) is 0 Å². The van der Waals surface area contributed by atoms with Gasteiger partial charge in [0, 0.05) is 25.0 Å². The Morgan fingerprint density at radius 3 is 2.55 bits per heavy atom. The summed E-state index contributed by atoms with van der Waals surface area (Å²) in [4.78, 5) is 26.8. The largest absolute Gasteiger partial charge is 0.480 e. The number of nitrogens with one attached hydrogen (secondary N) is 2. The first-order valence-corrected chi connectivity index (χ1v) is 6.69. The lowest BCUT2D eigenvalue weighted by Crippen LogP contribution is -2.51. The van der Waals surface area contributed by atoms with Crippen molar-refractivity contribution in [1.82, 2.24) is 20.2 Å². The molecule has 1 rings (SSSR count). The SMILES string of the molecule is CCC(C)[C@H](NC(=O)NC(C)Cn1ccnc1)C(=O)O. The van der Waals surface area contributed by atoms with Gasteiger partial charge in [-0.3, -0.25) is 0 Å². The van der Waals surface area contributed by atoms with E-state index >= 15 is 0 Å². The van der Waals surface area contributed by atoms with Crippen molar-refractivity contribution >= 4 is 12.0 Å². The molecule has 0 fully saturated rings. The number of carbonyl (C=O) groups is 2. The Morgan fingerprint density at radius 2 is 2.05 bits per heavy atom. The number of aromatic nitrogens is 2. The van der Waals surface area contributed by atoms with Crippen LogP contribution in [0.1, 0.15) is 27.2 Å². The van der Waals surface area contributed by atoms with Crippen molar-refractivity contribution in [3.05, 3.63) is 18.7 Å². The Balaban J connectivity index is 2.46. The Bertz CT molecular complexity index is 433. The Hall–Kier alpha value is -2.05.